The number of anilines is 3. The summed E-state index contributed by atoms with van der Waals surface area (Å²) in [5.74, 6) is 0.968. The molecule has 11 nitrogen and oxygen atoms in total. The number of pyridine rings is 1. The number of carboxylic acid groups (broad SMARTS) is 1. The van der Waals surface area contributed by atoms with Crippen molar-refractivity contribution in [2.24, 2.45) is 5.73 Å². The van der Waals surface area contributed by atoms with E-state index in [9.17, 15) is 9.59 Å². The van der Waals surface area contributed by atoms with E-state index in [1.54, 1.807) is 25.3 Å². The van der Waals surface area contributed by atoms with Crippen molar-refractivity contribution in [3.8, 4) is 5.75 Å². The summed E-state index contributed by atoms with van der Waals surface area (Å²) in [6.45, 7) is 4.01. The van der Waals surface area contributed by atoms with E-state index < -0.39 is 12.0 Å². The second-order valence-corrected chi connectivity index (χ2v) is 8.01. The molecule has 0 spiro atoms. The van der Waals surface area contributed by atoms with Crippen LogP contribution in [0.4, 0.5) is 22.1 Å². The van der Waals surface area contributed by atoms with Crippen LogP contribution < -0.4 is 26.4 Å². The SMILES string of the molecule is COc1ccc(Nc2cc(N[C@@H]3CCCC[C@@H]3NC(=O)O)nnc2C(N)=O)nc1C(C)C. The molecule has 2 atom stereocenters. The van der Waals surface area contributed by atoms with Crippen molar-refractivity contribution in [1.29, 1.82) is 0 Å². The second kappa shape index (κ2) is 10.1. The Kier molecular flexibility index (Phi) is 7.29. The lowest BCUT2D eigenvalue weighted by Crippen LogP contribution is -2.48. The smallest absolute Gasteiger partial charge is 0.404 e. The average Bonchev–Trinajstić information content (AvgIpc) is 2.74. The summed E-state index contributed by atoms with van der Waals surface area (Å²) in [6.07, 6.45) is 2.37. The number of rotatable bonds is 8. The van der Waals surface area contributed by atoms with Crippen LogP contribution in [-0.4, -0.2) is 51.5 Å². The van der Waals surface area contributed by atoms with E-state index in [0.717, 1.165) is 31.4 Å². The number of hydrogen-bond donors (Lipinski definition) is 5. The molecule has 0 aliphatic heterocycles. The van der Waals surface area contributed by atoms with Gasteiger partial charge in [-0.1, -0.05) is 26.7 Å². The first kappa shape index (κ1) is 23.0. The summed E-state index contributed by atoms with van der Waals surface area (Å²) < 4.78 is 5.37. The predicted octanol–water partition coefficient (Wildman–Crippen LogP) is 2.84. The molecule has 172 valence electrons. The molecule has 11 heteroatoms. The van der Waals surface area contributed by atoms with Crippen molar-refractivity contribution >= 4 is 29.3 Å². The lowest BCUT2D eigenvalue weighted by molar-refractivity contribution is 0.0995. The molecule has 0 unspecified atom stereocenters. The molecule has 2 heterocycles. The molecule has 1 aliphatic rings. The lowest BCUT2D eigenvalue weighted by atomic mass is 9.90. The minimum atomic E-state index is -1.06. The highest BCUT2D eigenvalue weighted by molar-refractivity contribution is 5.97. The number of primary amides is 1. The molecule has 1 fully saturated rings. The van der Waals surface area contributed by atoms with Crippen molar-refractivity contribution in [2.75, 3.05) is 17.7 Å². The largest absolute Gasteiger partial charge is 0.495 e. The minimum Gasteiger partial charge on any atom is -0.495 e. The highest BCUT2D eigenvalue weighted by Crippen LogP contribution is 2.29. The first-order chi connectivity index (χ1) is 15.3. The van der Waals surface area contributed by atoms with Gasteiger partial charge in [0.15, 0.2) is 11.5 Å². The van der Waals surface area contributed by atoms with Gasteiger partial charge in [-0.3, -0.25) is 4.79 Å². The van der Waals surface area contributed by atoms with E-state index in [0.29, 0.717) is 23.1 Å². The van der Waals surface area contributed by atoms with Gasteiger partial charge < -0.3 is 31.5 Å². The zero-order valence-corrected chi connectivity index (χ0v) is 18.4. The van der Waals surface area contributed by atoms with Gasteiger partial charge in [0.1, 0.15) is 11.6 Å². The average molecular weight is 444 g/mol. The third-order valence-electron chi connectivity index (χ3n) is 5.35. The summed E-state index contributed by atoms with van der Waals surface area (Å²) in [5.41, 5.74) is 6.58. The number of aromatic nitrogens is 3. The van der Waals surface area contributed by atoms with Crippen LogP contribution in [0, 0.1) is 0 Å². The maximum absolute atomic E-state index is 11.9. The molecule has 1 aliphatic carbocycles. The Morgan fingerprint density at radius 3 is 2.50 bits per heavy atom. The standard InChI is InChI=1S/C21H29N7O4/c1-11(2)18-15(32-3)8-9-16(26-18)24-14-10-17(27-28-19(14)20(22)29)23-12-6-4-5-7-13(12)25-21(30)31/h8-13,25H,4-7H2,1-3H3,(H2,22,29)(H,30,31)(H2,23,24,26,27)/t12-,13+/m1/s1. The van der Waals surface area contributed by atoms with Crippen LogP contribution in [0.5, 0.6) is 5.75 Å². The van der Waals surface area contributed by atoms with Gasteiger partial charge in [-0.15, -0.1) is 10.2 Å². The first-order valence-electron chi connectivity index (χ1n) is 10.5. The van der Waals surface area contributed by atoms with E-state index in [2.05, 4.69) is 31.1 Å². The van der Waals surface area contributed by atoms with Gasteiger partial charge in [0, 0.05) is 12.1 Å². The Morgan fingerprint density at radius 1 is 1.16 bits per heavy atom. The molecule has 3 rings (SSSR count). The zero-order chi connectivity index (χ0) is 23.3. The molecule has 2 amide bonds. The summed E-state index contributed by atoms with van der Waals surface area (Å²) in [6, 6.07) is 4.77. The van der Waals surface area contributed by atoms with Gasteiger partial charge in [0.25, 0.3) is 5.91 Å². The third kappa shape index (κ3) is 5.54. The van der Waals surface area contributed by atoms with Crippen molar-refractivity contribution in [3.63, 3.8) is 0 Å². The van der Waals surface area contributed by atoms with E-state index >= 15 is 0 Å². The molecule has 2 aromatic heterocycles. The number of nitrogens with zero attached hydrogens (tertiary/aromatic N) is 3. The normalized spacial score (nSPS) is 18.1. The van der Waals surface area contributed by atoms with Gasteiger partial charge in [0.2, 0.25) is 0 Å². The number of ether oxygens (including phenoxy) is 1. The first-order valence-corrected chi connectivity index (χ1v) is 10.5. The third-order valence-corrected chi connectivity index (χ3v) is 5.35. The van der Waals surface area contributed by atoms with Crippen molar-refractivity contribution in [2.45, 2.75) is 57.5 Å². The van der Waals surface area contributed by atoms with Crippen LogP contribution in [-0.2, 0) is 0 Å². The fourth-order valence-corrected chi connectivity index (χ4v) is 3.82. The molecule has 0 bridgehead atoms. The Morgan fingerprint density at radius 2 is 1.88 bits per heavy atom. The quantitative estimate of drug-likeness (QED) is 0.412. The topological polar surface area (TPSA) is 164 Å². The summed E-state index contributed by atoms with van der Waals surface area (Å²) in [7, 11) is 1.59. The van der Waals surface area contributed by atoms with Gasteiger partial charge in [0.05, 0.1) is 24.5 Å². The number of carbonyl (C=O) groups is 2. The molecular formula is C21H29N7O4. The number of nitrogens with one attached hydrogen (secondary N) is 3. The number of carbonyl (C=O) groups excluding carboxylic acids is 1. The second-order valence-electron chi connectivity index (χ2n) is 8.01. The van der Waals surface area contributed by atoms with E-state index in [-0.39, 0.29) is 23.7 Å². The van der Waals surface area contributed by atoms with Gasteiger partial charge in [-0.25, -0.2) is 9.78 Å². The number of amides is 2. The summed E-state index contributed by atoms with van der Waals surface area (Å²) >= 11 is 0. The summed E-state index contributed by atoms with van der Waals surface area (Å²) in [5, 5.41) is 26.1. The highest BCUT2D eigenvalue weighted by Gasteiger charge is 2.27. The Hall–Kier alpha value is -3.63. The number of methoxy groups -OCH3 is 1. The maximum Gasteiger partial charge on any atom is 0.404 e. The molecule has 0 aromatic carbocycles. The molecular weight excluding hydrogens is 414 g/mol. The fourth-order valence-electron chi connectivity index (χ4n) is 3.82. The Bertz CT molecular complexity index is 983. The molecule has 32 heavy (non-hydrogen) atoms. The number of hydrogen-bond acceptors (Lipinski definition) is 8. The molecule has 0 saturated heterocycles. The fraction of sp³-hybridized carbons (Fsp3) is 0.476. The predicted molar refractivity (Wildman–Crippen MR) is 120 cm³/mol. The van der Waals surface area contributed by atoms with Crippen LogP contribution >= 0.6 is 0 Å². The molecule has 6 N–H and O–H groups in total. The highest BCUT2D eigenvalue weighted by atomic mass is 16.5. The van der Waals surface area contributed by atoms with Crippen molar-refractivity contribution in [3.05, 3.63) is 29.6 Å². The number of nitrogens with two attached hydrogens (primary N) is 1. The monoisotopic (exact) mass is 443 g/mol. The minimum absolute atomic E-state index is 0.0249. The van der Waals surface area contributed by atoms with Gasteiger partial charge >= 0.3 is 6.09 Å². The molecule has 2 aromatic rings. The van der Waals surface area contributed by atoms with Crippen LogP contribution in [0.25, 0.3) is 0 Å². The van der Waals surface area contributed by atoms with Crippen LogP contribution in [0.1, 0.15) is 61.6 Å². The lowest BCUT2D eigenvalue weighted by Gasteiger charge is -2.32. The van der Waals surface area contributed by atoms with Crippen molar-refractivity contribution in [1.82, 2.24) is 20.5 Å². The van der Waals surface area contributed by atoms with Crippen molar-refractivity contribution < 1.29 is 19.4 Å². The van der Waals surface area contributed by atoms with Gasteiger partial charge in [-0.05, 0) is 30.9 Å². The zero-order valence-electron chi connectivity index (χ0n) is 18.4. The Balaban J connectivity index is 1.87. The molecule has 1 saturated carbocycles. The van der Waals surface area contributed by atoms with E-state index in [4.69, 9.17) is 15.6 Å². The summed E-state index contributed by atoms with van der Waals surface area (Å²) in [4.78, 5) is 27.6. The van der Waals surface area contributed by atoms with Crippen LogP contribution in [0.3, 0.4) is 0 Å². The molecule has 0 radical (unpaired) electrons. The van der Waals surface area contributed by atoms with E-state index in [1.165, 1.54) is 0 Å². The van der Waals surface area contributed by atoms with E-state index in [1.807, 2.05) is 13.8 Å². The van der Waals surface area contributed by atoms with Crippen LogP contribution in [0.2, 0.25) is 0 Å². The Labute approximate surface area is 186 Å². The van der Waals surface area contributed by atoms with Crippen LogP contribution in [0.15, 0.2) is 18.2 Å². The van der Waals surface area contributed by atoms with Gasteiger partial charge in [-0.2, -0.15) is 0 Å². The maximum atomic E-state index is 11.9.